The van der Waals surface area contributed by atoms with Crippen LogP contribution in [-0.4, -0.2) is 45.6 Å². The molecule has 0 atom stereocenters. The molecule has 0 aliphatic carbocycles. The van der Waals surface area contributed by atoms with E-state index in [0.29, 0.717) is 41.3 Å². The van der Waals surface area contributed by atoms with E-state index in [-0.39, 0.29) is 10.5 Å². The normalized spacial score (nSPS) is 16.5. The predicted molar refractivity (Wildman–Crippen MR) is 90.9 cm³/mol. The molecule has 0 spiro atoms. The molecule has 3 aromatic rings. The summed E-state index contributed by atoms with van der Waals surface area (Å²) < 4.78 is 42.8. The fourth-order valence-corrected chi connectivity index (χ4v) is 4.91. The lowest BCUT2D eigenvalue weighted by Crippen LogP contribution is -2.48. The van der Waals surface area contributed by atoms with Crippen molar-refractivity contribution in [2.45, 2.75) is 18.9 Å². The number of hydrogen-bond donors (Lipinski definition) is 1. The fraction of sp³-hybridized carbons (Fsp3) is 0.375. The number of aromatic amines is 1. The molecule has 3 heterocycles. The van der Waals surface area contributed by atoms with Crippen LogP contribution in [0.15, 0.2) is 23.5 Å². The first-order valence-electron chi connectivity index (χ1n) is 7.95. The molecule has 0 saturated carbocycles. The van der Waals surface area contributed by atoms with Crippen LogP contribution in [0.2, 0.25) is 0 Å². The zero-order chi connectivity index (χ0) is 17.9. The van der Waals surface area contributed by atoms with E-state index in [4.69, 9.17) is 0 Å². The summed E-state index contributed by atoms with van der Waals surface area (Å²) in [6.45, 7) is 4.71. The quantitative estimate of drug-likeness (QED) is 0.772. The van der Waals surface area contributed by atoms with Gasteiger partial charge in [-0.2, -0.15) is 9.40 Å². The average Bonchev–Trinajstić information content (AvgIpc) is 3.11. The summed E-state index contributed by atoms with van der Waals surface area (Å²) >= 11 is 0. The summed E-state index contributed by atoms with van der Waals surface area (Å²) in [5.74, 6) is 0.280. The molecule has 2 aromatic heterocycles. The third kappa shape index (κ3) is 2.46. The van der Waals surface area contributed by atoms with Gasteiger partial charge in [-0.3, -0.25) is 4.68 Å². The summed E-state index contributed by atoms with van der Waals surface area (Å²) in [4.78, 5) is 6.97. The zero-order valence-electron chi connectivity index (χ0n) is 14.1. The maximum atomic E-state index is 14.4. The second-order valence-electron chi connectivity index (χ2n) is 6.64. The fourth-order valence-electron chi connectivity index (χ4n) is 3.23. The SMILES string of the molecule is Cc1cc(F)c2[nH]c(S(=O)(=O)N3CC(C)C3)cc2c1-c1ncn(C)n1. The third-order valence-corrected chi connectivity index (χ3v) is 6.26. The minimum absolute atomic E-state index is 0.00363. The second-order valence-corrected chi connectivity index (χ2v) is 8.55. The molecule has 0 unspecified atom stereocenters. The van der Waals surface area contributed by atoms with Crippen molar-refractivity contribution >= 4 is 20.9 Å². The molecule has 1 aliphatic rings. The van der Waals surface area contributed by atoms with Gasteiger partial charge in [0, 0.05) is 31.1 Å². The first-order valence-corrected chi connectivity index (χ1v) is 9.39. The summed E-state index contributed by atoms with van der Waals surface area (Å²) in [7, 11) is -1.91. The van der Waals surface area contributed by atoms with E-state index in [1.165, 1.54) is 16.4 Å². The number of rotatable bonds is 3. The number of aromatic nitrogens is 4. The number of nitrogens with zero attached hydrogens (tertiary/aromatic N) is 4. The summed E-state index contributed by atoms with van der Waals surface area (Å²) in [5.41, 5.74) is 1.43. The van der Waals surface area contributed by atoms with Gasteiger partial charge in [-0.25, -0.2) is 17.8 Å². The van der Waals surface area contributed by atoms with Gasteiger partial charge in [0.1, 0.15) is 17.2 Å². The van der Waals surface area contributed by atoms with Gasteiger partial charge in [0.25, 0.3) is 10.0 Å². The standard InChI is InChI=1S/C16H18FN5O2S/c1-9-6-22(7-9)25(23,24)13-5-11-14(16-18-8-21(3)20-16)10(2)4-12(17)15(11)19-13/h4-5,8-9,19H,6-7H2,1-3H3. The maximum Gasteiger partial charge on any atom is 0.258 e. The molecule has 4 rings (SSSR count). The van der Waals surface area contributed by atoms with E-state index in [2.05, 4.69) is 15.1 Å². The third-order valence-electron chi connectivity index (χ3n) is 4.51. The highest BCUT2D eigenvalue weighted by molar-refractivity contribution is 7.89. The summed E-state index contributed by atoms with van der Waals surface area (Å²) in [6, 6.07) is 2.85. The molecule has 0 amide bonds. The van der Waals surface area contributed by atoms with E-state index >= 15 is 0 Å². The van der Waals surface area contributed by atoms with E-state index in [9.17, 15) is 12.8 Å². The van der Waals surface area contributed by atoms with Gasteiger partial charge in [0.2, 0.25) is 0 Å². The van der Waals surface area contributed by atoms with Crippen LogP contribution >= 0.6 is 0 Å². The highest BCUT2D eigenvalue weighted by Crippen LogP contribution is 2.34. The molecule has 1 fully saturated rings. The lowest BCUT2D eigenvalue weighted by molar-refractivity contribution is 0.218. The zero-order valence-corrected chi connectivity index (χ0v) is 14.9. The number of aryl methyl sites for hydroxylation is 2. The number of H-pyrrole nitrogens is 1. The Morgan fingerprint density at radius 2 is 2.04 bits per heavy atom. The first kappa shape index (κ1) is 16.2. The Morgan fingerprint density at radius 1 is 1.32 bits per heavy atom. The summed E-state index contributed by atoms with van der Waals surface area (Å²) in [5, 5.41) is 4.74. The number of benzene rings is 1. The number of halogens is 1. The van der Waals surface area contributed by atoms with Crippen LogP contribution < -0.4 is 0 Å². The van der Waals surface area contributed by atoms with Gasteiger partial charge < -0.3 is 4.98 Å². The van der Waals surface area contributed by atoms with E-state index in [0.717, 1.165) is 0 Å². The molecule has 25 heavy (non-hydrogen) atoms. The first-order chi connectivity index (χ1) is 11.8. The van der Waals surface area contributed by atoms with Crippen molar-refractivity contribution < 1.29 is 12.8 Å². The molecule has 132 valence electrons. The van der Waals surface area contributed by atoms with Crippen LogP contribution in [0.4, 0.5) is 4.39 Å². The van der Waals surface area contributed by atoms with Gasteiger partial charge in [-0.15, -0.1) is 0 Å². The molecular weight excluding hydrogens is 345 g/mol. The van der Waals surface area contributed by atoms with Crippen molar-refractivity contribution in [2.75, 3.05) is 13.1 Å². The van der Waals surface area contributed by atoms with Crippen molar-refractivity contribution in [2.24, 2.45) is 13.0 Å². The Labute approximate surface area is 144 Å². The topological polar surface area (TPSA) is 83.9 Å². The van der Waals surface area contributed by atoms with Crippen LogP contribution in [0.3, 0.4) is 0 Å². The second kappa shape index (κ2) is 5.37. The van der Waals surface area contributed by atoms with Gasteiger partial charge in [-0.05, 0) is 30.5 Å². The van der Waals surface area contributed by atoms with Crippen LogP contribution in [0.25, 0.3) is 22.3 Å². The Hall–Kier alpha value is -2.26. The number of fused-ring (bicyclic) bond motifs is 1. The van der Waals surface area contributed by atoms with Gasteiger partial charge >= 0.3 is 0 Å². The van der Waals surface area contributed by atoms with Crippen LogP contribution in [0.5, 0.6) is 0 Å². The van der Waals surface area contributed by atoms with Crippen molar-refractivity contribution in [1.82, 2.24) is 24.1 Å². The van der Waals surface area contributed by atoms with Gasteiger partial charge in [-0.1, -0.05) is 6.92 Å². The van der Waals surface area contributed by atoms with E-state index < -0.39 is 15.8 Å². The lowest BCUT2D eigenvalue weighted by Gasteiger charge is -2.35. The molecule has 9 heteroatoms. The Bertz CT molecular complexity index is 1080. The van der Waals surface area contributed by atoms with Crippen molar-refractivity contribution in [3.05, 3.63) is 29.8 Å². The maximum absolute atomic E-state index is 14.4. The molecule has 1 aromatic carbocycles. The van der Waals surface area contributed by atoms with Crippen LogP contribution in [-0.2, 0) is 17.1 Å². The van der Waals surface area contributed by atoms with Crippen LogP contribution in [0, 0.1) is 18.7 Å². The van der Waals surface area contributed by atoms with E-state index in [1.54, 1.807) is 25.0 Å². The van der Waals surface area contributed by atoms with Gasteiger partial charge in [0.15, 0.2) is 5.82 Å². The Kier molecular flexibility index (Phi) is 3.48. The average molecular weight is 363 g/mol. The smallest absolute Gasteiger partial charge is 0.258 e. The van der Waals surface area contributed by atoms with Crippen molar-refractivity contribution in [1.29, 1.82) is 0 Å². The molecule has 0 radical (unpaired) electrons. The van der Waals surface area contributed by atoms with Crippen LogP contribution in [0.1, 0.15) is 12.5 Å². The highest BCUT2D eigenvalue weighted by atomic mass is 32.2. The predicted octanol–water partition coefficient (Wildman–Crippen LogP) is 2.05. The lowest BCUT2D eigenvalue weighted by atomic mass is 10.0. The minimum atomic E-state index is -3.66. The minimum Gasteiger partial charge on any atom is -0.342 e. The molecule has 1 saturated heterocycles. The van der Waals surface area contributed by atoms with Crippen molar-refractivity contribution in [3.63, 3.8) is 0 Å². The van der Waals surface area contributed by atoms with Crippen molar-refractivity contribution in [3.8, 4) is 11.4 Å². The molecule has 1 aliphatic heterocycles. The molecule has 1 N–H and O–H groups in total. The summed E-state index contributed by atoms with van der Waals surface area (Å²) in [6.07, 6.45) is 1.55. The Morgan fingerprint density at radius 3 is 2.64 bits per heavy atom. The van der Waals surface area contributed by atoms with E-state index in [1.807, 2.05) is 6.92 Å². The van der Waals surface area contributed by atoms with Gasteiger partial charge in [0.05, 0.1) is 5.52 Å². The Balaban J connectivity index is 1.92. The number of hydrogen-bond acceptors (Lipinski definition) is 4. The largest absolute Gasteiger partial charge is 0.342 e. The molecular formula is C16H18FN5O2S. The number of sulfonamides is 1. The molecule has 0 bridgehead atoms. The highest BCUT2D eigenvalue weighted by Gasteiger charge is 2.35. The number of nitrogens with one attached hydrogen (secondary N) is 1. The monoisotopic (exact) mass is 363 g/mol. The molecule has 7 nitrogen and oxygen atoms in total.